The SMILES string of the molecule is C=C(C)CCSc1nnnn1CC(=O)OC. The summed E-state index contributed by atoms with van der Waals surface area (Å²) >= 11 is 1.49. The molecule has 1 aromatic heterocycles. The van der Waals surface area contributed by atoms with Crippen LogP contribution < -0.4 is 0 Å². The Bertz CT molecular complexity index is 377. The van der Waals surface area contributed by atoms with E-state index in [4.69, 9.17) is 0 Å². The van der Waals surface area contributed by atoms with E-state index in [2.05, 4.69) is 26.8 Å². The summed E-state index contributed by atoms with van der Waals surface area (Å²) in [5, 5.41) is 11.7. The van der Waals surface area contributed by atoms with Gasteiger partial charge in [-0.3, -0.25) is 4.79 Å². The predicted molar refractivity (Wildman–Crippen MR) is 60.0 cm³/mol. The fourth-order valence-corrected chi connectivity index (χ4v) is 1.88. The number of hydrogen-bond donors (Lipinski definition) is 0. The predicted octanol–water partition coefficient (Wildman–Crippen LogP) is 0.904. The highest BCUT2D eigenvalue weighted by Gasteiger charge is 2.10. The molecule has 0 radical (unpaired) electrons. The molecule has 0 aliphatic rings. The molecule has 0 aromatic carbocycles. The number of ether oxygens (including phenoxy) is 1. The zero-order valence-electron chi connectivity index (χ0n) is 9.34. The number of nitrogens with zero attached hydrogens (tertiary/aromatic N) is 4. The van der Waals surface area contributed by atoms with Crippen LogP contribution in [0.5, 0.6) is 0 Å². The normalized spacial score (nSPS) is 10.1. The highest BCUT2D eigenvalue weighted by molar-refractivity contribution is 7.99. The molecule has 0 bridgehead atoms. The summed E-state index contributed by atoms with van der Waals surface area (Å²) in [7, 11) is 1.33. The molecule has 0 fully saturated rings. The maximum Gasteiger partial charge on any atom is 0.327 e. The lowest BCUT2D eigenvalue weighted by atomic mass is 10.3. The van der Waals surface area contributed by atoms with Crippen LogP contribution in [-0.4, -0.2) is 39.0 Å². The van der Waals surface area contributed by atoms with Gasteiger partial charge in [0.25, 0.3) is 0 Å². The number of tetrazole rings is 1. The van der Waals surface area contributed by atoms with E-state index in [1.54, 1.807) is 0 Å². The van der Waals surface area contributed by atoms with Crippen molar-refractivity contribution in [3.63, 3.8) is 0 Å². The van der Waals surface area contributed by atoms with Crippen molar-refractivity contribution in [2.45, 2.75) is 25.0 Å². The van der Waals surface area contributed by atoms with E-state index in [1.165, 1.54) is 23.6 Å². The van der Waals surface area contributed by atoms with Gasteiger partial charge in [0.15, 0.2) is 0 Å². The molecule has 0 amide bonds. The number of carbonyl (C=O) groups excluding carboxylic acids is 1. The standard InChI is InChI=1S/C9H14N4O2S/c1-7(2)4-5-16-9-10-11-12-13(9)6-8(14)15-3/h1,4-6H2,2-3H3. The lowest BCUT2D eigenvalue weighted by Gasteiger charge is -2.02. The van der Waals surface area contributed by atoms with E-state index in [-0.39, 0.29) is 12.5 Å². The third-order valence-electron chi connectivity index (χ3n) is 1.77. The second kappa shape index (κ2) is 6.26. The molecule has 0 aliphatic heterocycles. The minimum absolute atomic E-state index is 0.0406. The fourth-order valence-electron chi connectivity index (χ4n) is 0.902. The Morgan fingerprint density at radius 3 is 3.00 bits per heavy atom. The van der Waals surface area contributed by atoms with Gasteiger partial charge in [-0.15, -0.1) is 11.7 Å². The van der Waals surface area contributed by atoms with E-state index in [9.17, 15) is 4.79 Å². The Kier molecular flexibility index (Phi) is 4.97. The summed E-state index contributed by atoms with van der Waals surface area (Å²) in [6.45, 7) is 5.82. The van der Waals surface area contributed by atoms with E-state index < -0.39 is 0 Å². The summed E-state index contributed by atoms with van der Waals surface area (Å²) in [5.41, 5.74) is 1.11. The molecule has 16 heavy (non-hydrogen) atoms. The molecule has 0 unspecified atom stereocenters. The second-order valence-corrected chi connectivity index (χ2v) is 4.31. The molecule has 6 nitrogen and oxygen atoms in total. The van der Waals surface area contributed by atoms with Crippen LogP contribution in [-0.2, 0) is 16.1 Å². The number of thioether (sulfide) groups is 1. The van der Waals surface area contributed by atoms with Crippen molar-refractivity contribution in [3.8, 4) is 0 Å². The van der Waals surface area contributed by atoms with Crippen LogP contribution in [0.15, 0.2) is 17.3 Å². The van der Waals surface area contributed by atoms with Crippen LogP contribution in [0.3, 0.4) is 0 Å². The zero-order chi connectivity index (χ0) is 12.0. The lowest BCUT2D eigenvalue weighted by molar-refractivity contribution is -0.141. The van der Waals surface area contributed by atoms with Crippen LogP contribution >= 0.6 is 11.8 Å². The Morgan fingerprint density at radius 1 is 1.62 bits per heavy atom. The monoisotopic (exact) mass is 242 g/mol. The number of allylic oxidation sites excluding steroid dienone is 1. The first-order valence-corrected chi connectivity index (χ1v) is 5.72. The van der Waals surface area contributed by atoms with Crippen molar-refractivity contribution in [2.75, 3.05) is 12.9 Å². The van der Waals surface area contributed by atoms with Gasteiger partial charge in [-0.05, 0) is 23.8 Å². The average molecular weight is 242 g/mol. The fraction of sp³-hybridized carbons (Fsp3) is 0.556. The van der Waals surface area contributed by atoms with Crippen molar-refractivity contribution in [2.24, 2.45) is 0 Å². The number of carbonyl (C=O) groups is 1. The Hall–Kier alpha value is -1.37. The molecule has 1 heterocycles. The number of rotatable bonds is 6. The molecule has 0 atom stereocenters. The van der Waals surface area contributed by atoms with Gasteiger partial charge in [0.05, 0.1) is 7.11 Å². The van der Waals surface area contributed by atoms with Gasteiger partial charge in [0, 0.05) is 5.75 Å². The number of esters is 1. The second-order valence-electron chi connectivity index (χ2n) is 3.25. The first kappa shape index (κ1) is 12.7. The van der Waals surface area contributed by atoms with Crippen LogP contribution in [0.2, 0.25) is 0 Å². The van der Waals surface area contributed by atoms with Crippen molar-refractivity contribution in [1.29, 1.82) is 0 Å². The van der Waals surface area contributed by atoms with Crippen LogP contribution in [0.4, 0.5) is 0 Å². The van der Waals surface area contributed by atoms with Crippen LogP contribution in [0.1, 0.15) is 13.3 Å². The summed E-state index contributed by atoms with van der Waals surface area (Å²) in [4.78, 5) is 11.1. The minimum Gasteiger partial charge on any atom is -0.468 e. The highest BCUT2D eigenvalue weighted by Crippen LogP contribution is 2.16. The van der Waals surface area contributed by atoms with Crippen molar-refractivity contribution in [3.05, 3.63) is 12.2 Å². The first-order chi connectivity index (χ1) is 7.63. The molecule has 1 rings (SSSR count). The third kappa shape index (κ3) is 4.01. The quantitative estimate of drug-likeness (QED) is 0.419. The van der Waals surface area contributed by atoms with Gasteiger partial charge in [-0.25, -0.2) is 4.68 Å². The first-order valence-electron chi connectivity index (χ1n) is 4.73. The minimum atomic E-state index is -0.367. The van der Waals surface area contributed by atoms with Crippen molar-refractivity contribution < 1.29 is 9.53 Å². The zero-order valence-corrected chi connectivity index (χ0v) is 10.2. The maximum atomic E-state index is 11.1. The van der Waals surface area contributed by atoms with Crippen molar-refractivity contribution in [1.82, 2.24) is 20.2 Å². The maximum absolute atomic E-state index is 11.1. The summed E-state index contributed by atoms with van der Waals surface area (Å²) in [5.74, 6) is 0.478. The van der Waals surface area contributed by atoms with Gasteiger partial charge in [0.1, 0.15) is 6.54 Å². The Labute approximate surface area is 98.0 Å². The number of hydrogen-bond acceptors (Lipinski definition) is 6. The smallest absolute Gasteiger partial charge is 0.327 e. The Balaban J connectivity index is 2.50. The molecule has 0 saturated carbocycles. The molecule has 0 spiro atoms. The van der Waals surface area contributed by atoms with Crippen molar-refractivity contribution >= 4 is 17.7 Å². The molecular formula is C9H14N4O2S. The van der Waals surface area contributed by atoms with Gasteiger partial charge in [-0.2, -0.15) is 0 Å². The van der Waals surface area contributed by atoms with E-state index >= 15 is 0 Å². The molecule has 88 valence electrons. The average Bonchev–Trinajstić information content (AvgIpc) is 2.65. The summed E-state index contributed by atoms with van der Waals surface area (Å²) in [6.07, 6.45) is 0.899. The highest BCUT2D eigenvalue weighted by atomic mass is 32.2. The van der Waals surface area contributed by atoms with Gasteiger partial charge in [0.2, 0.25) is 5.16 Å². The van der Waals surface area contributed by atoms with Gasteiger partial charge < -0.3 is 4.74 Å². The molecule has 0 N–H and O–H groups in total. The van der Waals surface area contributed by atoms with Crippen LogP contribution in [0, 0.1) is 0 Å². The number of methoxy groups -OCH3 is 1. The van der Waals surface area contributed by atoms with Crippen LogP contribution in [0.25, 0.3) is 0 Å². The molecule has 1 aromatic rings. The van der Waals surface area contributed by atoms with Gasteiger partial charge >= 0.3 is 5.97 Å². The van der Waals surface area contributed by atoms with Gasteiger partial charge in [-0.1, -0.05) is 17.3 Å². The Morgan fingerprint density at radius 2 is 2.38 bits per heavy atom. The summed E-state index contributed by atoms with van der Waals surface area (Å²) < 4.78 is 5.97. The molecular weight excluding hydrogens is 228 g/mol. The number of aromatic nitrogens is 4. The largest absolute Gasteiger partial charge is 0.468 e. The molecule has 7 heteroatoms. The van der Waals surface area contributed by atoms with E-state index in [0.717, 1.165) is 17.7 Å². The summed E-state index contributed by atoms with van der Waals surface area (Å²) in [6, 6.07) is 0. The third-order valence-corrected chi connectivity index (χ3v) is 2.72. The molecule has 0 saturated heterocycles. The van der Waals surface area contributed by atoms with E-state index in [1.807, 2.05) is 6.92 Å². The topological polar surface area (TPSA) is 69.9 Å². The molecule has 0 aliphatic carbocycles. The lowest BCUT2D eigenvalue weighted by Crippen LogP contribution is -2.13. The van der Waals surface area contributed by atoms with E-state index in [0.29, 0.717) is 5.16 Å².